The van der Waals surface area contributed by atoms with Crippen LogP contribution in [0.15, 0.2) is 0 Å². The Kier molecular flexibility index (Phi) is 6.31. The molecule has 1 N–H and O–H groups in total. The molecule has 1 fully saturated rings. The van der Waals surface area contributed by atoms with Crippen LogP contribution in [-0.2, 0) is 0 Å². The van der Waals surface area contributed by atoms with Crippen LogP contribution in [0.4, 0.5) is 0 Å². The lowest BCUT2D eigenvalue weighted by atomic mass is 9.99. The van der Waals surface area contributed by atoms with Crippen LogP contribution in [0.25, 0.3) is 0 Å². The van der Waals surface area contributed by atoms with Crippen LogP contribution in [0, 0.1) is 11.8 Å². The van der Waals surface area contributed by atoms with Gasteiger partial charge in [0.2, 0.25) is 0 Å². The summed E-state index contributed by atoms with van der Waals surface area (Å²) in [7, 11) is 0. The van der Waals surface area contributed by atoms with Crippen LogP contribution in [0.5, 0.6) is 0 Å². The van der Waals surface area contributed by atoms with Crippen molar-refractivity contribution in [2.75, 3.05) is 6.54 Å². The fourth-order valence-corrected chi connectivity index (χ4v) is 2.57. The topological polar surface area (TPSA) is 12.0 Å². The van der Waals surface area contributed by atoms with Gasteiger partial charge in [0.05, 0.1) is 0 Å². The van der Waals surface area contributed by atoms with E-state index in [1.165, 1.54) is 51.5 Å². The van der Waals surface area contributed by atoms with Crippen LogP contribution >= 0.6 is 0 Å². The first kappa shape index (κ1) is 13.0. The van der Waals surface area contributed by atoms with E-state index in [0.29, 0.717) is 6.04 Å². The molecule has 0 aromatic carbocycles. The molecular weight excluding hydrogens is 182 g/mol. The molecule has 0 bridgehead atoms. The lowest BCUT2D eigenvalue weighted by Gasteiger charge is -2.20. The van der Waals surface area contributed by atoms with Gasteiger partial charge >= 0.3 is 0 Å². The Hall–Kier alpha value is -0.0400. The van der Waals surface area contributed by atoms with Gasteiger partial charge in [0.1, 0.15) is 0 Å². The molecule has 1 aliphatic carbocycles. The molecule has 0 aromatic heterocycles. The third-order valence-corrected chi connectivity index (χ3v) is 4.23. The lowest BCUT2D eigenvalue weighted by molar-refractivity contribution is 0.376. The molecule has 0 aromatic rings. The second-order valence-corrected chi connectivity index (χ2v) is 5.42. The highest BCUT2D eigenvalue weighted by atomic mass is 14.9. The summed E-state index contributed by atoms with van der Waals surface area (Å²) in [5.41, 5.74) is 0. The molecule has 0 radical (unpaired) electrons. The van der Waals surface area contributed by atoms with Gasteiger partial charge in [-0.2, -0.15) is 0 Å². The predicted octanol–water partition coefficient (Wildman–Crippen LogP) is 3.98. The zero-order valence-corrected chi connectivity index (χ0v) is 10.9. The largest absolute Gasteiger partial charge is 0.314 e. The van der Waals surface area contributed by atoms with Gasteiger partial charge in [-0.15, -0.1) is 0 Å². The molecule has 0 spiro atoms. The molecule has 90 valence electrons. The Morgan fingerprint density at radius 3 is 2.47 bits per heavy atom. The maximum absolute atomic E-state index is 3.66. The number of hydrogen-bond donors (Lipinski definition) is 1. The predicted molar refractivity (Wildman–Crippen MR) is 68.1 cm³/mol. The number of nitrogens with one attached hydrogen (secondary N) is 1. The second kappa shape index (κ2) is 7.27. The summed E-state index contributed by atoms with van der Waals surface area (Å²) in [6.07, 6.45) is 10.1. The molecule has 0 aliphatic heterocycles. The van der Waals surface area contributed by atoms with Crippen LogP contribution in [-0.4, -0.2) is 12.6 Å². The van der Waals surface area contributed by atoms with Crippen molar-refractivity contribution in [2.45, 2.75) is 71.8 Å². The van der Waals surface area contributed by atoms with Crippen LogP contribution < -0.4 is 5.32 Å². The molecule has 15 heavy (non-hydrogen) atoms. The molecule has 0 heterocycles. The van der Waals surface area contributed by atoms with Crippen molar-refractivity contribution < 1.29 is 0 Å². The third kappa shape index (κ3) is 5.01. The van der Waals surface area contributed by atoms with Gasteiger partial charge in [-0.25, -0.2) is 0 Å². The van der Waals surface area contributed by atoms with Crippen molar-refractivity contribution in [1.29, 1.82) is 0 Å². The minimum atomic E-state index is 0.693. The Bertz CT molecular complexity index is 149. The van der Waals surface area contributed by atoms with Crippen molar-refractivity contribution in [3.63, 3.8) is 0 Å². The lowest BCUT2D eigenvalue weighted by Crippen LogP contribution is -2.32. The van der Waals surface area contributed by atoms with Gasteiger partial charge in [-0.05, 0) is 38.1 Å². The van der Waals surface area contributed by atoms with E-state index in [1.54, 1.807) is 0 Å². The SMILES string of the molecule is CCC(C)C(C)NCCCC1CCCC1. The molecule has 2 atom stereocenters. The monoisotopic (exact) mass is 211 g/mol. The van der Waals surface area contributed by atoms with E-state index in [-0.39, 0.29) is 0 Å². The van der Waals surface area contributed by atoms with Crippen molar-refractivity contribution >= 4 is 0 Å². The van der Waals surface area contributed by atoms with Gasteiger partial charge in [0.15, 0.2) is 0 Å². The summed E-state index contributed by atoms with van der Waals surface area (Å²) in [6.45, 7) is 8.17. The first-order valence-corrected chi connectivity index (χ1v) is 6.97. The van der Waals surface area contributed by atoms with E-state index >= 15 is 0 Å². The van der Waals surface area contributed by atoms with Crippen molar-refractivity contribution in [2.24, 2.45) is 11.8 Å². The molecule has 1 heteroatoms. The molecule has 0 amide bonds. The quantitative estimate of drug-likeness (QED) is 0.628. The molecular formula is C14H29N. The summed E-state index contributed by atoms with van der Waals surface area (Å²) in [5.74, 6) is 1.88. The maximum Gasteiger partial charge on any atom is 0.00642 e. The molecule has 1 aliphatic rings. The van der Waals surface area contributed by atoms with Gasteiger partial charge in [-0.1, -0.05) is 46.0 Å². The minimum absolute atomic E-state index is 0.693. The Morgan fingerprint density at radius 1 is 1.20 bits per heavy atom. The van der Waals surface area contributed by atoms with Crippen LogP contribution in [0.2, 0.25) is 0 Å². The van der Waals surface area contributed by atoms with Crippen molar-refractivity contribution in [1.82, 2.24) is 5.32 Å². The Morgan fingerprint density at radius 2 is 1.87 bits per heavy atom. The average Bonchev–Trinajstić information content (AvgIpc) is 2.75. The molecule has 1 saturated carbocycles. The second-order valence-electron chi connectivity index (χ2n) is 5.42. The zero-order chi connectivity index (χ0) is 11.1. The van der Waals surface area contributed by atoms with E-state index in [1.807, 2.05) is 0 Å². The summed E-state index contributed by atoms with van der Waals surface area (Å²) in [6, 6.07) is 0.693. The Labute approximate surface area is 96.0 Å². The fraction of sp³-hybridized carbons (Fsp3) is 1.00. The summed E-state index contributed by atoms with van der Waals surface area (Å²) in [4.78, 5) is 0. The highest BCUT2D eigenvalue weighted by Crippen LogP contribution is 2.28. The normalized spacial score (nSPS) is 21.8. The highest BCUT2D eigenvalue weighted by molar-refractivity contribution is 4.70. The van der Waals surface area contributed by atoms with Gasteiger partial charge < -0.3 is 5.32 Å². The third-order valence-electron chi connectivity index (χ3n) is 4.23. The standard InChI is InChI=1S/C14H29N/c1-4-12(2)13(3)15-11-7-10-14-8-5-6-9-14/h12-15H,4-11H2,1-3H3. The van der Waals surface area contributed by atoms with Gasteiger partial charge in [-0.3, -0.25) is 0 Å². The summed E-state index contributed by atoms with van der Waals surface area (Å²) < 4.78 is 0. The minimum Gasteiger partial charge on any atom is -0.314 e. The number of rotatable bonds is 7. The fourth-order valence-electron chi connectivity index (χ4n) is 2.57. The molecule has 1 rings (SSSR count). The van der Waals surface area contributed by atoms with E-state index in [9.17, 15) is 0 Å². The first-order valence-electron chi connectivity index (χ1n) is 6.97. The average molecular weight is 211 g/mol. The van der Waals surface area contributed by atoms with E-state index < -0.39 is 0 Å². The van der Waals surface area contributed by atoms with Gasteiger partial charge in [0, 0.05) is 6.04 Å². The van der Waals surface area contributed by atoms with Crippen molar-refractivity contribution in [3.8, 4) is 0 Å². The first-order chi connectivity index (χ1) is 7.24. The van der Waals surface area contributed by atoms with Crippen molar-refractivity contribution in [3.05, 3.63) is 0 Å². The Balaban J connectivity index is 1.96. The van der Waals surface area contributed by atoms with Crippen LogP contribution in [0.3, 0.4) is 0 Å². The van der Waals surface area contributed by atoms with E-state index in [2.05, 4.69) is 26.1 Å². The van der Waals surface area contributed by atoms with Gasteiger partial charge in [0.25, 0.3) is 0 Å². The smallest absolute Gasteiger partial charge is 0.00642 e. The maximum atomic E-state index is 3.66. The summed E-state index contributed by atoms with van der Waals surface area (Å²) >= 11 is 0. The van der Waals surface area contributed by atoms with E-state index in [0.717, 1.165) is 11.8 Å². The van der Waals surface area contributed by atoms with E-state index in [4.69, 9.17) is 0 Å². The highest BCUT2D eigenvalue weighted by Gasteiger charge is 2.14. The van der Waals surface area contributed by atoms with Crippen LogP contribution in [0.1, 0.15) is 65.7 Å². The molecule has 2 unspecified atom stereocenters. The zero-order valence-electron chi connectivity index (χ0n) is 10.9. The number of hydrogen-bond acceptors (Lipinski definition) is 1. The molecule has 0 saturated heterocycles. The molecule has 1 nitrogen and oxygen atoms in total. The summed E-state index contributed by atoms with van der Waals surface area (Å²) in [5, 5.41) is 3.66.